The maximum Gasteiger partial charge on any atom is 0.305 e. The van der Waals surface area contributed by atoms with Crippen molar-refractivity contribution < 1.29 is 14.6 Å². The highest BCUT2D eigenvalue weighted by molar-refractivity contribution is 7.16. The molecule has 0 bridgehead atoms. The standard InChI is InChI=1S/C23H29N3O4S.ClH/c1-3-24-12-13-26(2)22(28)18(15-30-14-11-16-7-5-4-6-8-16)17-9-10-19(27)20-21(17)31-23(29)25-20;/h4-10,18,24,27H,3,11-15H2,1-2H3,(H,25,29);1H. The third kappa shape index (κ3) is 6.56. The van der Waals surface area contributed by atoms with Gasteiger partial charge in [0, 0.05) is 20.1 Å². The number of H-pyrrole nitrogens is 1. The molecule has 0 aliphatic heterocycles. The fourth-order valence-corrected chi connectivity index (χ4v) is 4.37. The number of halogens is 1. The minimum atomic E-state index is -0.572. The average molecular weight is 480 g/mol. The third-order valence-corrected chi connectivity index (χ3v) is 6.11. The molecule has 9 heteroatoms. The van der Waals surface area contributed by atoms with Crippen LogP contribution in [0, 0.1) is 0 Å². The van der Waals surface area contributed by atoms with Crippen molar-refractivity contribution in [1.29, 1.82) is 0 Å². The Morgan fingerprint density at radius 2 is 2.00 bits per heavy atom. The predicted molar refractivity (Wildman–Crippen MR) is 131 cm³/mol. The van der Waals surface area contributed by atoms with Gasteiger partial charge in [-0.05, 0) is 30.2 Å². The maximum absolute atomic E-state index is 13.3. The monoisotopic (exact) mass is 479 g/mol. The zero-order valence-electron chi connectivity index (χ0n) is 18.3. The molecule has 0 aliphatic rings. The quantitative estimate of drug-likeness (QED) is 0.367. The number of phenolic OH excluding ortho intramolecular Hbond substituents is 1. The molecule has 1 aromatic heterocycles. The number of nitrogens with one attached hydrogen (secondary N) is 2. The number of ether oxygens (including phenoxy) is 1. The van der Waals surface area contributed by atoms with Crippen LogP contribution in [0.2, 0.25) is 0 Å². The van der Waals surface area contributed by atoms with Gasteiger partial charge in [0.15, 0.2) is 0 Å². The lowest BCUT2D eigenvalue weighted by atomic mass is 9.97. The van der Waals surface area contributed by atoms with Crippen LogP contribution in [0.1, 0.15) is 24.0 Å². The molecule has 0 fully saturated rings. The number of fused-ring (bicyclic) bond motifs is 1. The van der Waals surface area contributed by atoms with E-state index in [1.165, 1.54) is 11.6 Å². The molecule has 0 spiro atoms. The highest BCUT2D eigenvalue weighted by Gasteiger charge is 2.27. The lowest BCUT2D eigenvalue weighted by molar-refractivity contribution is -0.132. The summed E-state index contributed by atoms with van der Waals surface area (Å²) in [7, 11) is 1.77. The Hall–Kier alpha value is -2.39. The molecular formula is C23H30ClN3O4S. The van der Waals surface area contributed by atoms with E-state index in [2.05, 4.69) is 10.3 Å². The number of aromatic nitrogens is 1. The summed E-state index contributed by atoms with van der Waals surface area (Å²) in [5.74, 6) is -0.656. The van der Waals surface area contributed by atoms with E-state index in [-0.39, 0.29) is 35.5 Å². The van der Waals surface area contributed by atoms with Crippen LogP contribution in [0.3, 0.4) is 0 Å². The highest BCUT2D eigenvalue weighted by Crippen LogP contribution is 2.33. The van der Waals surface area contributed by atoms with Crippen LogP contribution in [0.25, 0.3) is 10.2 Å². The van der Waals surface area contributed by atoms with Gasteiger partial charge in [-0.3, -0.25) is 9.59 Å². The summed E-state index contributed by atoms with van der Waals surface area (Å²) in [4.78, 5) is 29.3. The lowest BCUT2D eigenvalue weighted by Gasteiger charge is -2.25. The number of carbonyl (C=O) groups excluding carboxylic acids is 1. The van der Waals surface area contributed by atoms with Crippen molar-refractivity contribution in [2.45, 2.75) is 19.3 Å². The maximum atomic E-state index is 13.3. The van der Waals surface area contributed by atoms with Crippen molar-refractivity contribution in [3.8, 4) is 5.75 Å². The Morgan fingerprint density at radius 1 is 1.25 bits per heavy atom. The molecule has 1 heterocycles. The molecule has 3 aromatic rings. The molecule has 1 atom stereocenters. The second-order valence-corrected chi connectivity index (χ2v) is 8.35. The Kier molecular flexibility index (Phi) is 10.2. The van der Waals surface area contributed by atoms with Crippen LogP contribution in [-0.2, 0) is 16.0 Å². The SMILES string of the molecule is CCNCCN(C)C(=O)C(COCCc1ccccc1)c1ccc(O)c2[nH]c(=O)sc12.Cl. The lowest BCUT2D eigenvalue weighted by Crippen LogP contribution is -2.38. The van der Waals surface area contributed by atoms with Crippen LogP contribution in [0.4, 0.5) is 0 Å². The molecule has 7 nitrogen and oxygen atoms in total. The van der Waals surface area contributed by atoms with Crippen molar-refractivity contribution in [3.05, 3.63) is 63.3 Å². The smallest absolute Gasteiger partial charge is 0.305 e. The van der Waals surface area contributed by atoms with Gasteiger partial charge in [0.25, 0.3) is 0 Å². The summed E-state index contributed by atoms with van der Waals surface area (Å²) >= 11 is 0.998. The Labute approximate surface area is 197 Å². The minimum Gasteiger partial charge on any atom is -0.506 e. The van der Waals surface area contributed by atoms with E-state index < -0.39 is 5.92 Å². The largest absolute Gasteiger partial charge is 0.506 e. The van der Waals surface area contributed by atoms with Gasteiger partial charge in [-0.25, -0.2) is 0 Å². The van der Waals surface area contributed by atoms with E-state index in [4.69, 9.17) is 4.74 Å². The van der Waals surface area contributed by atoms with Crippen molar-refractivity contribution >= 4 is 39.9 Å². The molecule has 1 unspecified atom stereocenters. The van der Waals surface area contributed by atoms with Gasteiger partial charge >= 0.3 is 4.87 Å². The van der Waals surface area contributed by atoms with Crippen LogP contribution >= 0.6 is 23.7 Å². The van der Waals surface area contributed by atoms with Gasteiger partial charge < -0.3 is 25.0 Å². The van der Waals surface area contributed by atoms with Crippen molar-refractivity contribution in [2.24, 2.45) is 0 Å². The third-order valence-electron chi connectivity index (χ3n) is 5.17. The van der Waals surface area contributed by atoms with E-state index in [9.17, 15) is 14.7 Å². The predicted octanol–water partition coefficient (Wildman–Crippen LogP) is 3.13. The number of likely N-dealkylation sites (N-methyl/N-ethyl adjacent to an activating group) is 2. The molecule has 3 rings (SSSR count). The number of hydrogen-bond acceptors (Lipinski definition) is 6. The fraction of sp³-hybridized carbons (Fsp3) is 0.391. The number of rotatable bonds is 11. The molecule has 0 aliphatic carbocycles. The van der Waals surface area contributed by atoms with Gasteiger partial charge in [0.2, 0.25) is 5.91 Å². The Bertz CT molecular complexity index is 1050. The van der Waals surface area contributed by atoms with Gasteiger partial charge in [0.05, 0.1) is 23.8 Å². The summed E-state index contributed by atoms with van der Waals surface area (Å²) in [6.45, 7) is 4.80. The number of aromatic amines is 1. The van der Waals surface area contributed by atoms with E-state index >= 15 is 0 Å². The molecule has 0 saturated carbocycles. The van der Waals surface area contributed by atoms with Crippen LogP contribution < -0.4 is 10.2 Å². The number of aromatic hydroxyl groups is 1. The summed E-state index contributed by atoms with van der Waals surface area (Å²) in [6.07, 6.45) is 0.750. The number of carbonyl (C=O) groups is 1. The van der Waals surface area contributed by atoms with Crippen LogP contribution in [0.15, 0.2) is 47.3 Å². The zero-order valence-corrected chi connectivity index (χ0v) is 19.9. The first-order valence-corrected chi connectivity index (χ1v) is 11.2. The molecule has 174 valence electrons. The number of amides is 1. The number of hydrogen-bond donors (Lipinski definition) is 3. The van der Waals surface area contributed by atoms with E-state index in [0.717, 1.165) is 24.3 Å². The second-order valence-electron chi connectivity index (χ2n) is 7.37. The minimum absolute atomic E-state index is 0. The topological polar surface area (TPSA) is 94.7 Å². The van der Waals surface area contributed by atoms with Crippen molar-refractivity contribution in [2.75, 3.05) is 39.9 Å². The fourth-order valence-electron chi connectivity index (χ4n) is 3.44. The van der Waals surface area contributed by atoms with E-state index in [1.54, 1.807) is 18.0 Å². The highest BCUT2D eigenvalue weighted by atomic mass is 35.5. The van der Waals surface area contributed by atoms with Crippen LogP contribution in [-0.4, -0.2) is 60.8 Å². The van der Waals surface area contributed by atoms with Gasteiger partial charge in [-0.1, -0.05) is 54.7 Å². The van der Waals surface area contributed by atoms with Crippen molar-refractivity contribution in [1.82, 2.24) is 15.2 Å². The summed E-state index contributed by atoms with van der Waals surface area (Å²) in [6, 6.07) is 13.3. The molecule has 1 amide bonds. The normalized spacial score (nSPS) is 11.8. The summed E-state index contributed by atoms with van der Waals surface area (Å²) < 4.78 is 6.52. The first kappa shape index (κ1) is 25.9. The Balaban J connectivity index is 0.00000363. The number of benzene rings is 2. The molecule has 2 aromatic carbocycles. The molecule has 0 radical (unpaired) electrons. The van der Waals surface area contributed by atoms with E-state index in [0.29, 0.717) is 35.5 Å². The Morgan fingerprint density at radius 3 is 2.72 bits per heavy atom. The first-order chi connectivity index (χ1) is 15.0. The molecular weight excluding hydrogens is 450 g/mol. The second kappa shape index (κ2) is 12.6. The number of thiazole rings is 1. The molecule has 0 saturated heterocycles. The summed E-state index contributed by atoms with van der Waals surface area (Å²) in [5.41, 5.74) is 2.23. The first-order valence-electron chi connectivity index (χ1n) is 10.4. The van der Waals surface area contributed by atoms with Crippen LogP contribution in [0.5, 0.6) is 5.75 Å². The zero-order chi connectivity index (χ0) is 22.2. The van der Waals surface area contributed by atoms with Gasteiger partial charge in [0.1, 0.15) is 11.3 Å². The average Bonchev–Trinajstić information content (AvgIpc) is 3.17. The molecule has 32 heavy (non-hydrogen) atoms. The molecule has 3 N–H and O–H groups in total. The summed E-state index contributed by atoms with van der Waals surface area (Å²) in [5, 5.41) is 13.3. The number of phenols is 1. The van der Waals surface area contributed by atoms with Gasteiger partial charge in [-0.15, -0.1) is 12.4 Å². The number of nitrogens with zero attached hydrogens (tertiary/aromatic N) is 1. The van der Waals surface area contributed by atoms with E-state index in [1.807, 2.05) is 37.3 Å². The van der Waals surface area contributed by atoms with Crippen molar-refractivity contribution in [3.63, 3.8) is 0 Å². The van der Waals surface area contributed by atoms with Gasteiger partial charge in [-0.2, -0.15) is 0 Å².